The zero-order valence-electron chi connectivity index (χ0n) is 30.8. The Labute approximate surface area is 310 Å². The first kappa shape index (κ1) is 36.8. The summed E-state index contributed by atoms with van der Waals surface area (Å²) in [6, 6.07) is 12.3. The van der Waals surface area contributed by atoms with Gasteiger partial charge in [-0.25, -0.2) is 13.1 Å². The van der Waals surface area contributed by atoms with E-state index in [1.165, 1.54) is 36.8 Å². The lowest BCUT2D eigenvalue weighted by molar-refractivity contribution is -0.0839. The number of carbonyl (C=O) groups excluding carboxylic acids is 1. The molecule has 1 amide bonds. The van der Waals surface area contributed by atoms with Crippen LogP contribution in [0.4, 0.5) is 5.69 Å². The lowest BCUT2D eigenvalue weighted by Gasteiger charge is -2.51. The molecule has 5 aliphatic rings. The fraction of sp³-hybridized carbons (Fsp3) is 0.634. The molecule has 0 unspecified atom stereocenters. The number of methoxy groups -OCH3 is 1. The second-order valence-corrected chi connectivity index (χ2v) is 18.8. The third kappa shape index (κ3) is 7.21. The molecule has 0 aromatic heterocycles. The van der Waals surface area contributed by atoms with Crippen LogP contribution >= 0.6 is 11.6 Å². The number of rotatable bonds is 5. The van der Waals surface area contributed by atoms with E-state index in [0.717, 1.165) is 74.6 Å². The maximum atomic E-state index is 13.6. The van der Waals surface area contributed by atoms with E-state index in [9.17, 15) is 13.2 Å². The highest BCUT2D eigenvalue weighted by atomic mass is 35.5. The summed E-state index contributed by atoms with van der Waals surface area (Å²) in [6.45, 7) is 6.63. The van der Waals surface area contributed by atoms with Crippen molar-refractivity contribution in [1.29, 1.82) is 0 Å². The molecule has 6 atom stereocenters. The Morgan fingerprint density at radius 3 is 2.63 bits per heavy atom. The van der Waals surface area contributed by atoms with E-state index in [0.29, 0.717) is 36.5 Å². The summed E-state index contributed by atoms with van der Waals surface area (Å²) in [4.78, 5) is 18.6. The van der Waals surface area contributed by atoms with Crippen LogP contribution < -0.4 is 14.4 Å². The number of amides is 1. The molecule has 278 valence electrons. The minimum Gasteiger partial charge on any atom is -0.490 e. The molecule has 2 aromatic carbocycles. The van der Waals surface area contributed by atoms with Gasteiger partial charge in [0.1, 0.15) is 5.75 Å². The average Bonchev–Trinajstić information content (AvgIpc) is 3.60. The molecule has 8 nitrogen and oxygen atoms in total. The zero-order chi connectivity index (χ0) is 36.0. The molecule has 2 aromatic rings. The maximum absolute atomic E-state index is 13.6. The molecule has 1 spiro atoms. The summed E-state index contributed by atoms with van der Waals surface area (Å²) < 4.78 is 42.9. The number of hydrogen-bond acceptors (Lipinski definition) is 7. The van der Waals surface area contributed by atoms with Gasteiger partial charge < -0.3 is 19.3 Å². The topological polar surface area (TPSA) is 88.2 Å². The molecule has 7 rings (SSSR count). The van der Waals surface area contributed by atoms with Gasteiger partial charge >= 0.3 is 0 Å². The number of ether oxygens (including phenoxy) is 2. The van der Waals surface area contributed by atoms with Crippen molar-refractivity contribution in [1.82, 2.24) is 9.62 Å². The van der Waals surface area contributed by atoms with Crippen LogP contribution in [0.25, 0.3) is 0 Å². The van der Waals surface area contributed by atoms with E-state index in [1.807, 2.05) is 32.2 Å². The first-order chi connectivity index (χ1) is 24.4. The summed E-state index contributed by atoms with van der Waals surface area (Å²) in [6.07, 6.45) is 16.2. The SMILES string of the molecule is CO[C@@]1(CCN(C)C2CCCC2)/C=C/C[C@H](C)[C@@H](C)S(=O)(=O)NC(=O)c2ccc3c(c2)N(C[C@@H]2CC[C@H]21)C[C@@]1(CCCc2cc(Cl)ccc21)CO3. The first-order valence-corrected chi connectivity index (χ1v) is 21.2. The number of carbonyl (C=O) groups is 1. The molecular weight excluding hydrogens is 682 g/mol. The van der Waals surface area contributed by atoms with Crippen molar-refractivity contribution in [2.45, 2.75) is 107 Å². The van der Waals surface area contributed by atoms with Crippen LogP contribution in [-0.2, 0) is 26.6 Å². The van der Waals surface area contributed by atoms with Crippen LogP contribution in [0, 0.1) is 17.8 Å². The highest BCUT2D eigenvalue weighted by Gasteiger charge is 2.49. The average molecular weight is 738 g/mol. The van der Waals surface area contributed by atoms with Crippen molar-refractivity contribution in [2.24, 2.45) is 17.8 Å². The van der Waals surface area contributed by atoms with E-state index in [2.05, 4.69) is 45.9 Å². The molecule has 0 saturated heterocycles. The number of aryl methyl sites for hydroxylation is 1. The van der Waals surface area contributed by atoms with Crippen LogP contribution in [0.15, 0.2) is 48.6 Å². The molecule has 10 heteroatoms. The summed E-state index contributed by atoms with van der Waals surface area (Å²) in [5, 5.41) is -0.0101. The number of nitrogens with zero attached hydrogens (tertiary/aromatic N) is 2. The smallest absolute Gasteiger partial charge is 0.264 e. The lowest BCUT2D eigenvalue weighted by Crippen LogP contribution is -2.54. The number of fused-ring (bicyclic) bond motifs is 4. The van der Waals surface area contributed by atoms with Gasteiger partial charge in [-0.15, -0.1) is 0 Å². The number of nitrogens with one attached hydrogen (secondary N) is 1. The molecule has 3 aliphatic carbocycles. The molecule has 2 saturated carbocycles. The largest absolute Gasteiger partial charge is 0.490 e. The summed E-state index contributed by atoms with van der Waals surface area (Å²) in [5.74, 6) is 0.579. The van der Waals surface area contributed by atoms with Crippen molar-refractivity contribution in [3.05, 3.63) is 70.3 Å². The highest BCUT2D eigenvalue weighted by Crippen LogP contribution is 2.50. The van der Waals surface area contributed by atoms with Crippen molar-refractivity contribution >= 4 is 33.2 Å². The molecule has 2 aliphatic heterocycles. The highest BCUT2D eigenvalue weighted by molar-refractivity contribution is 7.90. The Bertz CT molecular complexity index is 1740. The van der Waals surface area contributed by atoms with Crippen LogP contribution in [0.1, 0.15) is 99.5 Å². The van der Waals surface area contributed by atoms with Gasteiger partial charge in [0.2, 0.25) is 10.0 Å². The summed E-state index contributed by atoms with van der Waals surface area (Å²) in [5.41, 5.74) is 3.01. The Hall–Kier alpha value is -2.59. The molecule has 2 fully saturated rings. The monoisotopic (exact) mass is 737 g/mol. The third-order valence-electron chi connectivity index (χ3n) is 13.4. The zero-order valence-corrected chi connectivity index (χ0v) is 32.4. The van der Waals surface area contributed by atoms with E-state index in [4.69, 9.17) is 21.1 Å². The predicted octanol–water partition coefficient (Wildman–Crippen LogP) is 7.53. The van der Waals surface area contributed by atoms with Gasteiger partial charge in [-0.3, -0.25) is 4.79 Å². The van der Waals surface area contributed by atoms with Crippen LogP contribution in [0.3, 0.4) is 0 Å². The quantitative estimate of drug-likeness (QED) is 0.318. The third-order valence-corrected chi connectivity index (χ3v) is 15.6. The van der Waals surface area contributed by atoms with Gasteiger partial charge in [0, 0.05) is 48.8 Å². The molecular formula is C41H56ClN3O5S. The van der Waals surface area contributed by atoms with Crippen molar-refractivity contribution in [2.75, 3.05) is 45.3 Å². The van der Waals surface area contributed by atoms with E-state index >= 15 is 0 Å². The Morgan fingerprint density at radius 1 is 1.08 bits per heavy atom. The van der Waals surface area contributed by atoms with Crippen molar-refractivity contribution in [3.8, 4) is 5.75 Å². The van der Waals surface area contributed by atoms with Gasteiger partial charge in [0.15, 0.2) is 0 Å². The number of anilines is 1. The number of halogens is 1. The second kappa shape index (κ2) is 14.7. The molecule has 51 heavy (non-hydrogen) atoms. The van der Waals surface area contributed by atoms with Crippen LogP contribution in [-0.4, -0.2) is 76.5 Å². The molecule has 0 radical (unpaired) electrons. The summed E-state index contributed by atoms with van der Waals surface area (Å²) >= 11 is 6.49. The number of sulfonamides is 1. The standard InChI is InChI=1S/C41H56ClN3O5S/c1-28-9-7-20-41(49-4,21-22-44(3)34-11-5-6-12-34)36-16-13-32(36)25-45-26-40(19-8-10-30-23-33(42)15-17-35(30)40)27-50-38-18-14-31(24-37(38)45)39(46)43-51(47,48)29(28)2/h7,14-15,17-18,20,23-24,28-29,32,34,36H,5-6,8-13,16,19,21-22,25-27H2,1-4H3,(H,43,46)/b20-7+/t28-,29+,32-,36+,40-,41+/m0/s1. The number of benzene rings is 2. The minimum atomic E-state index is -3.94. The maximum Gasteiger partial charge on any atom is 0.264 e. The van der Waals surface area contributed by atoms with E-state index < -0.39 is 26.8 Å². The lowest BCUT2D eigenvalue weighted by atomic mass is 9.62. The van der Waals surface area contributed by atoms with E-state index in [1.54, 1.807) is 13.0 Å². The molecule has 1 N–H and O–H groups in total. The van der Waals surface area contributed by atoms with Crippen LogP contribution in [0.2, 0.25) is 5.02 Å². The molecule has 2 bridgehead atoms. The predicted molar refractivity (Wildman–Crippen MR) is 204 cm³/mol. The fourth-order valence-electron chi connectivity index (χ4n) is 9.82. The van der Waals surface area contributed by atoms with Gasteiger partial charge in [-0.1, -0.05) is 49.6 Å². The minimum absolute atomic E-state index is 0.201. The van der Waals surface area contributed by atoms with Gasteiger partial charge in [0.05, 0.1) is 23.1 Å². The Morgan fingerprint density at radius 2 is 1.88 bits per heavy atom. The molecule has 2 heterocycles. The van der Waals surface area contributed by atoms with Crippen molar-refractivity contribution in [3.63, 3.8) is 0 Å². The van der Waals surface area contributed by atoms with Crippen LogP contribution in [0.5, 0.6) is 5.75 Å². The fourth-order valence-corrected chi connectivity index (χ4v) is 11.3. The summed E-state index contributed by atoms with van der Waals surface area (Å²) in [7, 11) is 0.188. The Balaban J connectivity index is 1.29. The van der Waals surface area contributed by atoms with E-state index in [-0.39, 0.29) is 11.3 Å². The second-order valence-electron chi connectivity index (χ2n) is 16.4. The Kier molecular flexibility index (Phi) is 10.6. The first-order valence-electron chi connectivity index (χ1n) is 19.2. The van der Waals surface area contributed by atoms with Crippen molar-refractivity contribution < 1.29 is 22.7 Å². The number of hydrogen-bond donors (Lipinski definition) is 1. The van der Waals surface area contributed by atoms with Gasteiger partial charge in [-0.2, -0.15) is 0 Å². The van der Waals surface area contributed by atoms with Gasteiger partial charge in [0.25, 0.3) is 5.91 Å². The number of allylic oxidation sites excluding steroid dienone is 1. The van der Waals surface area contributed by atoms with Gasteiger partial charge in [-0.05, 0) is 131 Å². The normalized spacial score (nSPS) is 33.1.